The van der Waals surface area contributed by atoms with Crippen molar-refractivity contribution < 1.29 is 13.6 Å². The van der Waals surface area contributed by atoms with Gasteiger partial charge in [-0.15, -0.1) is 0 Å². The van der Waals surface area contributed by atoms with Crippen LogP contribution in [0.5, 0.6) is 0 Å². The van der Waals surface area contributed by atoms with E-state index in [1.165, 1.54) is 12.1 Å². The zero-order valence-corrected chi connectivity index (χ0v) is 15.7. The Labute approximate surface area is 166 Å². The summed E-state index contributed by atoms with van der Waals surface area (Å²) in [6.07, 6.45) is 0. The third-order valence-corrected chi connectivity index (χ3v) is 5.02. The molecule has 28 heavy (non-hydrogen) atoms. The summed E-state index contributed by atoms with van der Waals surface area (Å²) in [5.41, 5.74) is 2.62. The maximum atomic E-state index is 13.8. The van der Waals surface area contributed by atoms with Gasteiger partial charge in [-0.2, -0.15) is 0 Å². The first-order valence-electron chi connectivity index (χ1n) is 8.74. The standard InChI is InChI=1S/C23H16FNO2S/c24-19-14-8-7-13-18(19)20(26)15-28-23-25-21(16-9-3-1-4-10-16)22(27-23)17-11-5-2-6-12-17/h1-14H,15H2. The average Bonchev–Trinajstić information content (AvgIpc) is 3.18. The average molecular weight is 389 g/mol. The molecule has 0 amide bonds. The van der Waals surface area contributed by atoms with Crippen LogP contribution in [-0.4, -0.2) is 16.5 Å². The van der Waals surface area contributed by atoms with Gasteiger partial charge in [0.25, 0.3) is 5.22 Å². The van der Waals surface area contributed by atoms with Crippen LogP contribution in [0.1, 0.15) is 10.4 Å². The van der Waals surface area contributed by atoms with E-state index in [4.69, 9.17) is 4.42 Å². The molecule has 0 saturated carbocycles. The van der Waals surface area contributed by atoms with Crippen molar-refractivity contribution in [3.63, 3.8) is 0 Å². The van der Waals surface area contributed by atoms with Gasteiger partial charge in [0.15, 0.2) is 11.5 Å². The molecule has 138 valence electrons. The lowest BCUT2D eigenvalue weighted by molar-refractivity contribution is 0.101. The molecule has 4 rings (SSSR count). The number of rotatable bonds is 6. The fraction of sp³-hybridized carbons (Fsp3) is 0.0435. The van der Waals surface area contributed by atoms with Crippen LogP contribution in [0.25, 0.3) is 22.6 Å². The van der Waals surface area contributed by atoms with Gasteiger partial charge in [-0.3, -0.25) is 4.79 Å². The van der Waals surface area contributed by atoms with Gasteiger partial charge in [0.2, 0.25) is 0 Å². The van der Waals surface area contributed by atoms with Gasteiger partial charge in [0.05, 0.1) is 11.3 Å². The van der Waals surface area contributed by atoms with E-state index in [9.17, 15) is 9.18 Å². The quantitative estimate of drug-likeness (QED) is 0.294. The molecular weight excluding hydrogens is 373 g/mol. The number of carbonyl (C=O) groups excluding carboxylic acids is 1. The highest BCUT2D eigenvalue weighted by Crippen LogP contribution is 2.35. The molecule has 0 unspecified atom stereocenters. The Bertz CT molecular complexity index is 1040. The lowest BCUT2D eigenvalue weighted by Crippen LogP contribution is -2.04. The minimum absolute atomic E-state index is 0.0455. The molecule has 0 atom stereocenters. The van der Waals surface area contributed by atoms with Gasteiger partial charge >= 0.3 is 0 Å². The van der Waals surface area contributed by atoms with Gasteiger partial charge in [-0.05, 0) is 12.1 Å². The molecule has 0 spiro atoms. The molecule has 0 saturated heterocycles. The van der Waals surface area contributed by atoms with E-state index in [-0.39, 0.29) is 17.1 Å². The zero-order chi connectivity index (χ0) is 19.3. The zero-order valence-electron chi connectivity index (χ0n) is 14.8. The highest BCUT2D eigenvalue weighted by atomic mass is 32.2. The van der Waals surface area contributed by atoms with Gasteiger partial charge in [0, 0.05) is 11.1 Å². The summed E-state index contributed by atoms with van der Waals surface area (Å²) in [7, 11) is 0. The monoisotopic (exact) mass is 389 g/mol. The molecule has 0 N–H and O–H groups in total. The smallest absolute Gasteiger partial charge is 0.257 e. The molecule has 3 aromatic carbocycles. The van der Waals surface area contributed by atoms with Crippen molar-refractivity contribution >= 4 is 17.5 Å². The molecule has 0 aliphatic heterocycles. The van der Waals surface area contributed by atoms with E-state index in [2.05, 4.69) is 4.98 Å². The summed E-state index contributed by atoms with van der Waals surface area (Å²) in [5, 5.41) is 0.377. The van der Waals surface area contributed by atoms with Crippen LogP contribution < -0.4 is 0 Å². The highest BCUT2D eigenvalue weighted by Gasteiger charge is 2.19. The first-order valence-corrected chi connectivity index (χ1v) is 9.73. The van der Waals surface area contributed by atoms with E-state index in [1.54, 1.807) is 12.1 Å². The summed E-state index contributed by atoms with van der Waals surface area (Å²) in [4.78, 5) is 16.9. The minimum atomic E-state index is -0.518. The second-order valence-electron chi connectivity index (χ2n) is 6.08. The largest absolute Gasteiger partial charge is 0.431 e. The van der Waals surface area contributed by atoms with Gasteiger partial charge in [0.1, 0.15) is 11.5 Å². The molecule has 4 aromatic rings. The minimum Gasteiger partial charge on any atom is -0.431 e. The van der Waals surface area contributed by atoms with Crippen LogP contribution in [-0.2, 0) is 0 Å². The van der Waals surface area contributed by atoms with Crippen molar-refractivity contribution in [3.8, 4) is 22.6 Å². The second kappa shape index (κ2) is 8.23. The summed E-state index contributed by atoms with van der Waals surface area (Å²) in [6, 6.07) is 25.4. The van der Waals surface area contributed by atoms with E-state index in [1.807, 2.05) is 60.7 Å². The number of hydrogen-bond acceptors (Lipinski definition) is 4. The van der Waals surface area contributed by atoms with Crippen molar-refractivity contribution in [2.45, 2.75) is 5.22 Å². The van der Waals surface area contributed by atoms with Crippen molar-refractivity contribution in [1.29, 1.82) is 0 Å². The number of Topliss-reactive ketones (excluding diaryl/α,β-unsaturated/α-hetero) is 1. The fourth-order valence-corrected chi connectivity index (χ4v) is 3.54. The fourth-order valence-electron chi connectivity index (χ4n) is 2.83. The number of nitrogens with zero attached hydrogens (tertiary/aromatic N) is 1. The van der Waals surface area contributed by atoms with Crippen molar-refractivity contribution in [2.75, 3.05) is 5.75 Å². The Balaban J connectivity index is 1.63. The van der Waals surface area contributed by atoms with Crippen molar-refractivity contribution in [2.24, 2.45) is 0 Å². The molecule has 0 radical (unpaired) electrons. The van der Waals surface area contributed by atoms with E-state index in [0.29, 0.717) is 16.7 Å². The third-order valence-electron chi connectivity index (χ3n) is 4.19. The van der Waals surface area contributed by atoms with Crippen LogP contribution in [0, 0.1) is 5.82 Å². The number of benzene rings is 3. The van der Waals surface area contributed by atoms with Gasteiger partial charge < -0.3 is 4.42 Å². The van der Waals surface area contributed by atoms with Crippen molar-refractivity contribution in [1.82, 2.24) is 4.98 Å². The molecule has 5 heteroatoms. The Hall–Kier alpha value is -3.18. The number of oxazole rings is 1. The number of thioether (sulfide) groups is 1. The third kappa shape index (κ3) is 3.89. The number of ketones is 1. The summed E-state index contributed by atoms with van der Waals surface area (Å²) in [5.74, 6) is -0.129. The summed E-state index contributed by atoms with van der Waals surface area (Å²) < 4.78 is 19.8. The Morgan fingerprint density at radius 2 is 1.46 bits per heavy atom. The predicted molar refractivity (Wildman–Crippen MR) is 109 cm³/mol. The number of carbonyl (C=O) groups is 1. The first kappa shape index (κ1) is 18.2. The normalized spacial score (nSPS) is 10.8. The van der Waals surface area contributed by atoms with Crippen LogP contribution in [0.2, 0.25) is 0 Å². The maximum Gasteiger partial charge on any atom is 0.257 e. The van der Waals surface area contributed by atoms with Crippen LogP contribution >= 0.6 is 11.8 Å². The molecule has 3 nitrogen and oxygen atoms in total. The van der Waals surface area contributed by atoms with Crippen molar-refractivity contribution in [3.05, 3.63) is 96.3 Å². The van der Waals surface area contributed by atoms with E-state index in [0.717, 1.165) is 22.9 Å². The molecule has 1 heterocycles. The molecule has 0 bridgehead atoms. The maximum absolute atomic E-state index is 13.8. The van der Waals surface area contributed by atoms with Gasteiger partial charge in [-0.1, -0.05) is 84.6 Å². The molecule has 0 fully saturated rings. The molecule has 1 aromatic heterocycles. The lowest BCUT2D eigenvalue weighted by atomic mass is 10.1. The Kier molecular flexibility index (Phi) is 5.35. The Morgan fingerprint density at radius 3 is 2.14 bits per heavy atom. The molecular formula is C23H16FNO2S. The SMILES string of the molecule is O=C(CSc1nc(-c2ccccc2)c(-c2ccccc2)o1)c1ccccc1F. The highest BCUT2D eigenvalue weighted by molar-refractivity contribution is 7.99. The molecule has 0 aliphatic carbocycles. The van der Waals surface area contributed by atoms with Crippen LogP contribution in [0.15, 0.2) is 94.6 Å². The van der Waals surface area contributed by atoms with E-state index >= 15 is 0 Å². The first-order chi connectivity index (χ1) is 13.7. The second-order valence-corrected chi connectivity index (χ2v) is 7.01. The van der Waals surface area contributed by atoms with Gasteiger partial charge in [-0.25, -0.2) is 9.37 Å². The topological polar surface area (TPSA) is 43.1 Å². The van der Waals surface area contributed by atoms with Crippen LogP contribution in [0.4, 0.5) is 4.39 Å². The Morgan fingerprint density at radius 1 is 0.857 bits per heavy atom. The summed E-state index contributed by atoms with van der Waals surface area (Å²) in [6.45, 7) is 0. The lowest BCUT2D eigenvalue weighted by Gasteiger charge is -2.01. The number of aromatic nitrogens is 1. The number of hydrogen-bond donors (Lipinski definition) is 0. The van der Waals surface area contributed by atoms with Crippen LogP contribution in [0.3, 0.4) is 0 Å². The number of halogens is 1. The predicted octanol–water partition coefficient (Wildman–Crippen LogP) is 6.12. The van der Waals surface area contributed by atoms with E-state index < -0.39 is 5.82 Å². The summed E-state index contributed by atoms with van der Waals surface area (Å²) >= 11 is 1.16. The molecule has 0 aliphatic rings.